The second kappa shape index (κ2) is 6.24. The van der Waals surface area contributed by atoms with Gasteiger partial charge in [-0.15, -0.1) is 0 Å². The SMILES string of the molecule is Cc1ccc(-n2c3c(cc(C(=O)N(C)C)c2=O)C(=O)CC(C)(C)C3)cc1. The Bertz CT molecular complexity index is 950. The van der Waals surface area contributed by atoms with Gasteiger partial charge in [-0.2, -0.15) is 0 Å². The third kappa shape index (κ3) is 3.09. The van der Waals surface area contributed by atoms with Gasteiger partial charge in [-0.1, -0.05) is 31.5 Å². The van der Waals surface area contributed by atoms with Crippen molar-refractivity contribution in [3.8, 4) is 5.69 Å². The largest absolute Gasteiger partial charge is 0.345 e. The molecule has 0 unspecified atom stereocenters. The number of ketones is 1. The minimum Gasteiger partial charge on any atom is -0.345 e. The average Bonchev–Trinajstić information content (AvgIpc) is 2.54. The highest BCUT2D eigenvalue weighted by Gasteiger charge is 2.35. The summed E-state index contributed by atoms with van der Waals surface area (Å²) >= 11 is 0. The molecule has 0 atom stereocenters. The smallest absolute Gasteiger partial charge is 0.268 e. The summed E-state index contributed by atoms with van der Waals surface area (Å²) in [4.78, 5) is 39.8. The van der Waals surface area contributed by atoms with Gasteiger partial charge in [0.25, 0.3) is 11.5 Å². The Kier molecular flexibility index (Phi) is 4.34. The molecule has 0 bridgehead atoms. The molecule has 1 heterocycles. The Morgan fingerprint density at radius 1 is 1.08 bits per heavy atom. The number of aromatic nitrogens is 1. The summed E-state index contributed by atoms with van der Waals surface area (Å²) in [6.45, 7) is 6.02. The Morgan fingerprint density at radius 3 is 2.27 bits per heavy atom. The van der Waals surface area contributed by atoms with E-state index in [4.69, 9.17) is 0 Å². The summed E-state index contributed by atoms with van der Waals surface area (Å²) in [7, 11) is 3.20. The first-order valence-electron chi connectivity index (χ1n) is 8.71. The number of hydrogen-bond donors (Lipinski definition) is 0. The molecular weight excluding hydrogens is 328 g/mol. The van der Waals surface area contributed by atoms with Gasteiger partial charge in [-0.3, -0.25) is 19.0 Å². The van der Waals surface area contributed by atoms with E-state index in [-0.39, 0.29) is 22.3 Å². The number of nitrogens with zero attached hydrogens (tertiary/aromatic N) is 2. The fraction of sp³-hybridized carbons (Fsp3) is 0.381. The number of carbonyl (C=O) groups is 2. The molecule has 1 amide bonds. The first kappa shape index (κ1) is 18.1. The molecule has 5 heteroatoms. The zero-order valence-electron chi connectivity index (χ0n) is 15.9. The van der Waals surface area contributed by atoms with Crippen LogP contribution in [-0.4, -0.2) is 35.3 Å². The quantitative estimate of drug-likeness (QED) is 0.835. The van der Waals surface area contributed by atoms with E-state index in [1.54, 1.807) is 18.7 Å². The van der Waals surface area contributed by atoms with Crippen LogP contribution in [0, 0.1) is 12.3 Å². The normalized spacial score (nSPS) is 15.5. The van der Waals surface area contributed by atoms with Crippen LogP contribution in [0.5, 0.6) is 0 Å². The topological polar surface area (TPSA) is 59.4 Å². The Balaban J connectivity index is 2.36. The first-order chi connectivity index (χ1) is 12.1. The maximum absolute atomic E-state index is 13.2. The van der Waals surface area contributed by atoms with Crippen molar-refractivity contribution in [2.45, 2.75) is 33.6 Å². The average molecular weight is 352 g/mol. The molecule has 26 heavy (non-hydrogen) atoms. The molecule has 2 aromatic rings. The van der Waals surface area contributed by atoms with E-state index < -0.39 is 5.91 Å². The van der Waals surface area contributed by atoms with Crippen molar-refractivity contribution < 1.29 is 9.59 Å². The molecule has 0 fully saturated rings. The molecule has 0 spiro atoms. The van der Waals surface area contributed by atoms with Crippen LogP contribution in [0.25, 0.3) is 5.69 Å². The third-order valence-electron chi connectivity index (χ3n) is 4.82. The maximum atomic E-state index is 13.2. The van der Waals surface area contributed by atoms with E-state index in [0.29, 0.717) is 29.8 Å². The number of amides is 1. The summed E-state index contributed by atoms with van der Waals surface area (Å²) in [5.41, 5.74) is 2.35. The highest BCUT2D eigenvalue weighted by atomic mass is 16.2. The predicted molar refractivity (Wildman–Crippen MR) is 101 cm³/mol. The highest BCUT2D eigenvalue weighted by molar-refractivity contribution is 6.02. The molecule has 1 aliphatic rings. The minimum absolute atomic E-state index is 0.0232. The molecule has 0 saturated heterocycles. The minimum atomic E-state index is -0.392. The van der Waals surface area contributed by atoms with Crippen molar-refractivity contribution in [2.75, 3.05) is 14.1 Å². The summed E-state index contributed by atoms with van der Waals surface area (Å²) in [5, 5.41) is 0. The second-order valence-electron chi connectivity index (χ2n) is 8.04. The van der Waals surface area contributed by atoms with E-state index in [2.05, 4.69) is 0 Å². The van der Waals surface area contributed by atoms with Gasteiger partial charge in [0.1, 0.15) is 5.56 Å². The van der Waals surface area contributed by atoms with E-state index in [0.717, 1.165) is 5.56 Å². The molecule has 1 aliphatic carbocycles. The standard InChI is InChI=1S/C21H24N2O3/c1-13-6-8-14(9-7-13)23-17-11-21(2,3)12-18(24)15(17)10-16(20(23)26)19(25)22(4)5/h6-10H,11-12H2,1-5H3. The lowest BCUT2D eigenvalue weighted by Gasteiger charge is -2.32. The Labute approximate surface area is 153 Å². The Hall–Kier alpha value is -2.69. The number of fused-ring (bicyclic) bond motifs is 1. The van der Waals surface area contributed by atoms with E-state index in [9.17, 15) is 14.4 Å². The molecule has 0 radical (unpaired) electrons. The van der Waals surface area contributed by atoms with Crippen LogP contribution < -0.4 is 5.56 Å². The highest BCUT2D eigenvalue weighted by Crippen LogP contribution is 2.35. The van der Waals surface area contributed by atoms with Crippen molar-refractivity contribution in [1.29, 1.82) is 0 Å². The van der Waals surface area contributed by atoms with Crippen LogP contribution in [-0.2, 0) is 6.42 Å². The van der Waals surface area contributed by atoms with Gasteiger partial charge in [0.05, 0.1) is 0 Å². The van der Waals surface area contributed by atoms with Gasteiger partial charge in [-0.05, 0) is 37.0 Å². The summed E-state index contributed by atoms with van der Waals surface area (Å²) in [5.74, 6) is -0.416. The third-order valence-corrected chi connectivity index (χ3v) is 4.82. The number of pyridine rings is 1. The molecule has 3 rings (SSSR count). The van der Waals surface area contributed by atoms with Crippen LogP contribution in [0.4, 0.5) is 0 Å². The number of aryl methyl sites for hydroxylation is 1. The van der Waals surface area contributed by atoms with Gasteiger partial charge >= 0.3 is 0 Å². The molecule has 1 aromatic carbocycles. The monoisotopic (exact) mass is 352 g/mol. The number of rotatable bonds is 2. The molecule has 0 aliphatic heterocycles. The predicted octanol–water partition coefficient (Wildman–Crippen LogP) is 3.00. The van der Waals surface area contributed by atoms with E-state index in [1.165, 1.54) is 11.0 Å². The van der Waals surface area contributed by atoms with E-state index >= 15 is 0 Å². The molecule has 136 valence electrons. The van der Waals surface area contributed by atoms with Crippen LogP contribution in [0.1, 0.15) is 52.2 Å². The first-order valence-corrected chi connectivity index (χ1v) is 8.71. The lowest BCUT2D eigenvalue weighted by atomic mass is 9.75. The van der Waals surface area contributed by atoms with Crippen molar-refractivity contribution in [2.24, 2.45) is 5.41 Å². The van der Waals surface area contributed by atoms with Crippen LogP contribution in [0.15, 0.2) is 35.1 Å². The van der Waals surface area contributed by atoms with Crippen LogP contribution in [0.3, 0.4) is 0 Å². The number of benzene rings is 1. The summed E-state index contributed by atoms with van der Waals surface area (Å²) in [6.07, 6.45) is 1.01. The Morgan fingerprint density at radius 2 is 1.69 bits per heavy atom. The zero-order chi connectivity index (χ0) is 19.2. The molecule has 0 N–H and O–H groups in total. The van der Waals surface area contributed by atoms with Gasteiger partial charge in [0, 0.05) is 37.5 Å². The number of carbonyl (C=O) groups excluding carboxylic acids is 2. The van der Waals surface area contributed by atoms with Crippen LogP contribution >= 0.6 is 0 Å². The molecule has 0 saturated carbocycles. The summed E-state index contributed by atoms with van der Waals surface area (Å²) in [6, 6.07) is 9.04. The summed E-state index contributed by atoms with van der Waals surface area (Å²) < 4.78 is 1.55. The van der Waals surface area contributed by atoms with E-state index in [1.807, 2.05) is 45.0 Å². The van der Waals surface area contributed by atoms with Crippen molar-refractivity contribution in [3.05, 3.63) is 63.1 Å². The zero-order valence-corrected chi connectivity index (χ0v) is 15.9. The van der Waals surface area contributed by atoms with Crippen LogP contribution in [0.2, 0.25) is 0 Å². The molecule has 5 nitrogen and oxygen atoms in total. The number of hydrogen-bond acceptors (Lipinski definition) is 3. The molecular formula is C21H24N2O3. The lowest BCUT2D eigenvalue weighted by molar-refractivity contribution is 0.0825. The van der Waals surface area contributed by atoms with Gasteiger partial charge < -0.3 is 4.90 Å². The fourth-order valence-electron chi connectivity index (χ4n) is 3.48. The van der Waals surface area contributed by atoms with Crippen molar-refractivity contribution in [1.82, 2.24) is 9.47 Å². The molecule has 1 aromatic heterocycles. The van der Waals surface area contributed by atoms with Gasteiger partial charge in [0.2, 0.25) is 0 Å². The number of Topliss-reactive ketones (excluding diaryl/α,β-unsaturated/α-hetero) is 1. The van der Waals surface area contributed by atoms with Gasteiger partial charge in [-0.25, -0.2) is 0 Å². The van der Waals surface area contributed by atoms with Gasteiger partial charge in [0.15, 0.2) is 5.78 Å². The fourth-order valence-corrected chi connectivity index (χ4v) is 3.48. The lowest BCUT2D eigenvalue weighted by Crippen LogP contribution is -2.38. The maximum Gasteiger partial charge on any atom is 0.268 e. The van der Waals surface area contributed by atoms with Crippen molar-refractivity contribution >= 4 is 11.7 Å². The second-order valence-corrected chi connectivity index (χ2v) is 8.04. The van der Waals surface area contributed by atoms with Crippen molar-refractivity contribution in [3.63, 3.8) is 0 Å².